The van der Waals surface area contributed by atoms with E-state index in [9.17, 15) is 43.2 Å². The molecule has 0 aromatic rings. The fraction of sp³-hybridized carbons (Fsp3) is 0.940. The monoisotopic (exact) mass is 1270 g/mol. The maximum Gasteiger partial charge on any atom is 0.472 e. The van der Waals surface area contributed by atoms with E-state index in [1.807, 2.05) is 0 Å². The first kappa shape index (κ1) is 84.1. The lowest BCUT2D eigenvalue weighted by atomic mass is 10.00. The quantitative estimate of drug-likeness (QED) is 0.0222. The molecular formula is C67H130O17P2. The SMILES string of the molecule is CCCCCCCCCCCCCCCC(=O)O[C@H](COC(=O)CCCCCCCCCCCCCC)COP(=O)(O)OC[C@@H](O)COP(=O)(O)OC[C@@H](COC(=O)CCCCCCCCC(C)CC)OC(=O)CCCCCCCCCCC(C)C. The van der Waals surface area contributed by atoms with Gasteiger partial charge in [-0.1, -0.05) is 286 Å². The van der Waals surface area contributed by atoms with E-state index in [1.54, 1.807) is 0 Å². The van der Waals surface area contributed by atoms with Crippen LogP contribution in [0.1, 0.15) is 337 Å². The Hall–Kier alpha value is -1.94. The van der Waals surface area contributed by atoms with E-state index >= 15 is 0 Å². The summed E-state index contributed by atoms with van der Waals surface area (Å²) < 4.78 is 68.1. The Morgan fingerprint density at radius 2 is 0.593 bits per heavy atom. The van der Waals surface area contributed by atoms with Crippen molar-refractivity contribution in [3.8, 4) is 0 Å². The van der Waals surface area contributed by atoms with Crippen LogP contribution >= 0.6 is 15.6 Å². The fourth-order valence-corrected chi connectivity index (χ4v) is 11.6. The minimum Gasteiger partial charge on any atom is -0.462 e. The van der Waals surface area contributed by atoms with Gasteiger partial charge in [0, 0.05) is 25.7 Å². The number of hydrogen-bond acceptors (Lipinski definition) is 15. The third kappa shape index (κ3) is 59.7. The van der Waals surface area contributed by atoms with Gasteiger partial charge in [0.25, 0.3) is 0 Å². The third-order valence-corrected chi connectivity index (χ3v) is 17.7. The molecule has 0 aromatic heterocycles. The number of rotatable bonds is 66. The number of aliphatic hydroxyl groups excluding tert-OH is 1. The van der Waals surface area contributed by atoms with Crippen LogP contribution in [-0.2, 0) is 65.4 Å². The highest BCUT2D eigenvalue weighted by Crippen LogP contribution is 2.45. The van der Waals surface area contributed by atoms with Gasteiger partial charge in [-0.3, -0.25) is 37.3 Å². The first-order valence-electron chi connectivity index (χ1n) is 35.0. The smallest absolute Gasteiger partial charge is 0.462 e. The van der Waals surface area contributed by atoms with Crippen molar-refractivity contribution in [3.63, 3.8) is 0 Å². The molecule has 0 aliphatic carbocycles. The number of ether oxygens (including phenoxy) is 4. The molecule has 0 saturated heterocycles. The Morgan fingerprint density at radius 3 is 0.884 bits per heavy atom. The van der Waals surface area contributed by atoms with Crippen LogP contribution in [0.3, 0.4) is 0 Å². The van der Waals surface area contributed by atoms with Gasteiger partial charge in [0.1, 0.15) is 19.3 Å². The normalized spacial score (nSPS) is 14.5. The molecule has 6 atom stereocenters. The van der Waals surface area contributed by atoms with Crippen molar-refractivity contribution in [2.24, 2.45) is 11.8 Å². The van der Waals surface area contributed by atoms with Crippen molar-refractivity contribution in [1.29, 1.82) is 0 Å². The van der Waals surface area contributed by atoms with Gasteiger partial charge in [0.15, 0.2) is 12.2 Å². The summed E-state index contributed by atoms with van der Waals surface area (Å²) >= 11 is 0. The molecule has 86 heavy (non-hydrogen) atoms. The number of aliphatic hydroxyl groups is 1. The zero-order valence-corrected chi connectivity index (χ0v) is 57.4. The molecule has 0 saturated carbocycles. The van der Waals surface area contributed by atoms with Gasteiger partial charge in [-0.2, -0.15) is 0 Å². The predicted octanol–water partition coefficient (Wildman–Crippen LogP) is 18.8. The van der Waals surface area contributed by atoms with Gasteiger partial charge in [-0.25, -0.2) is 9.13 Å². The highest BCUT2D eigenvalue weighted by molar-refractivity contribution is 7.47. The van der Waals surface area contributed by atoms with Crippen molar-refractivity contribution in [3.05, 3.63) is 0 Å². The van der Waals surface area contributed by atoms with Crippen LogP contribution in [0.25, 0.3) is 0 Å². The first-order valence-corrected chi connectivity index (χ1v) is 38.0. The largest absolute Gasteiger partial charge is 0.472 e. The third-order valence-electron chi connectivity index (χ3n) is 15.8. The van der Waals surface area contributed by atoms with Gasteiger partial charge in [-0.15, -0.1) is 0 Å². The molecule has 3 N–H and O–H groups in total. The Balaban J connectivity index is 5.26. The maximum absolute atomic E-state index is 13.0. The molecular weight excluding hydrogens is 1140 g/mol. The van der Waals surface area contributed by atoms with Crippen LogP contribution in [0.5, 0.6) is 0 Å². The van der Waals surface area contributed by atoms with Crippen LogP contribution in [-0.4, -0.2) is 96.7 Å². The molecule has 0 fully saturated rings. The van der Waals surface area contributed by atoms with E-state index in [2.05, 4.69) is 41.5 Å². The van der Waals surface area contributed by atoms with Gasteiger partial charge < -0.3 is 33.8 Å². The van der Waals surface area contributed by atoms with Crippen LogP contribution in [0.2, 0.25) is 0 Å². The Kier molecular flexibility index (Phi) is 58.0. The molecule has 0 heterocycles. The van der Waals surface area contributed by atoms with Crippen LogP contribution in [0.4, 0.5) is 0 Å². The summed E-state index contributed by atoms with van der Waals surface area (Å²) in [6.45, 7) is 9.44. The minimum atomic E-state index is -4.95. The lowest BCUT2D eigenvalue weighted by Gasteiger charge is -2.21. The summed E-state index contributed by atoms with van der Waals surface area (Å²) in [5.41, 5.74) is 0. The standard InChI is InChI=1S/C67H130O17P2/c1-7-10-12-14-16-18-20-22-24-26-31-39-45-51-66(71)83-62(55-77-64(69)49-43-37-30-25-23-21-19-17-15-13-11-8-2)57-81-85(73,74)79-53-61(68)54-80-86(75,76)82-58-63(56-78-65(70)50-44-38-34-33-36-42-48-60(6)9-3)84-67(72)52-46-40-32-28-27-29-35-41-47-59(4)5/h59-63,68H,7-58H2,1-6H3,(H,73,74)(H,75,76)/t60?,61-,62-,63-/m1/s1. The second-order valence-corrected chi connectivity index (χ2v) is 27.8. The Bertz CT molecular complexity index is 1690. The van der Waals surface area contributed by atoms with Crippen molar-refractivity contribution in [2.45, 2.75) is 355 Å². The average Bonchev–Trinajstić information content (AvgIpc) is 3.64. The van der Waals surface area contributed by atoms with Gasteiger partial charge in [0.05, 0.1) is 26.4 Å². The lowest BCUT2D eigenvalue weighted by Crippen LogP contribution is -2.30. The second kappa shape index (κ2) is 59.4. The van der Waals surface area contributed by atoms with E-state index in [0.29, 0.717) is 25.7 Å². The van der Waals surface area contributed by atoms with Gasteiger partial charge >= 0.3 is 39.5 Å². The van der Waals surface area contributed by atoms with Gasteiger partial charge in [0.2, 0.25) is 0 Å². The van der Waals surface area contributed by atoms with Crippen molar-refractivity contribution in [2.75, 3.05) is 39.6 Å². The fourth-order valence-electron chi connectivity index (χ4n) is 10.0. The first-order chi connectivity index (χ1) is 41.4. The number of unbranched alkanes of at least 4 members (excludes halogenated alkanes) is 35. The molecule has 19 heteroatoms. The minimum absolute atomic E-state index is 0.104. The summed E-state index contributed by atoms with van der Waals surface area (Å²) in [5.74, 6) is -0.680. The van der Waals surface area contributed by atoms with Crippen LogP contribution < -0.4 is 0 Å². The summed E-state index contributed by atoms with van der Waals surface area (Å²) in [6, 6.07) is 0. The number of hydrogen-bond donors (Lipinski definition) is 3. The molecule has 0 aliphatic heterocycles. The molecule has 0 aromatic carbocycles. The zero-order valence-electron chi connectivity index (χ0n) is 55.6. The van der Waals surface area contributed by atoms with E-state index in [1.165, 1.54) is 148 Å². The summed E-state index contributed by atoms with van der Waals surface area (Å²) in [6.07, 6.45) is 43.0. The van der Waals surface area contributed by atoms with Crippen LogP contribution in [0, 0.1) is 11.8 Å². The van der Waals surface area contributed by atoms with Crippen molar-refractivity contribution >= 4 is 39.5 Å². The second-order valence-electron chi connectivity index (χ2n) is 24.9. The van der Waals surface area contributed by atoms with Gasteiger partial charge in [-0.05, 0) is 37.5 Å². The summed E-state index contributed by atoms with van der Waals surface area (Å²) in [4.78, 5) is 72.4. The van der Waals surface area contributed by atoms with E-state index in [-0.39, 0.29) is 25.7 Å². The maximum atomic E-state index is 13.0. The number of carbonyl (C=O) groups excluding carboxylic acids is 4. The topological polar surface area (TPSA) is 237 Å². The number of phosphoric acid groups is 2. The molecule has 510 valence electrons. The Morgan fingerprint density at radius 1 is 0.337 bits per heavy atom. The molecule has 3 unspecified atom stereocenters. The van der Waals surface area contributed by atoms with E-state index in [0.717, 1.165) is 108 Å². The molecule has 0 bridgehead atoms. The van der Waals surface area contributed by atoms with E-state index < -0.39 is 97.5 Å². The molecule has 0 radical (unpaired) electrons. The van der Waals surface area contributed by atoms with Crippen molar-refractivity contribution in [1.82, 2.24) is 0 Å². The predicted molar refractivity (Wildman–Crippen MR) is 345 cm³/mol. The van der Waals surface area contributed by atoms with Crippen LogP contribution in [0.15, 0.2) is 0 Å². The molecule has 0 aliphatic rings. The molecule has 17 nitrogen and oxygen atoms in total. The van der Waals surface area contributed by atoms with E-state index in [4.69, 9.17) is 37.0 Å². The zero-order chi connectivity index (χ0) is 63.6. The number of phosphoric ester groups is 2. The number of carbonyl (C=O) groups is 4. The number of esters is 4. The summed E-state index contributed by atoms with van der Waals surface area (Å²) in [5, 5.41) is 10.6. The van der Waals surface area contributed by atoms with Crippen molar-refractivity contribution < 1.29 is 80.2 Å². The molecule has 0 spiro atoms. The highest BCUT2D eigenvalue weighted by atomic mass is 31.2. The lowest BCUT2D eigenvalue weighted by molar-refractivity contribution is -0.161. The molecule has 0 amide bonds. The Labute approximate surface area is 524 Å². The highest BCUT2D eigenvalue weighted by Gasteiger charge is 2.30. The summed E-state index contributed by atoms with van der Waals surface area (Å²) in [7, 11) is -9.89. The molecule has 0 rings (SSSR count). The average molecular weight is 1270 g/mol.